The lowest BCUT2D eigenvalue weighted by Crippen LogP contribution is -2.29. The van der Waals surface area contributed by atoms with Crippen molar-refractivity contribution in [2.75, 3.05) is 29.1 Å². The Labute approximate surface area is 207 Å². The molecule has 3 aromatic rings. The van der Waals surface area contributed by atoms with Gasteiger partial charge in [-0.15, -0.1) is 0 Å². The molecule has 3 rings (SSSR count). The molecule has 0 atom stereocenters. The van der Waals surface area contributed by atoms with Crippen LogP contribution in [0.5, 0.6) is 11.5 Å². The molecule has 0 aliphatic heterocycles. The number of amides is 1. The highest BCUT2D eigenvalue weighted by molar-refractivity contribution is 7.92. The minimum absolute atomic E-state index is 0.161. The largest absolute Gasteiger partial charge is 0.494 e. The second-order valence-electron chi connectivity index (χ2n) is 8.21. The Morgan fingerprint density at radius 3 is 2.17 bits per heavy atom. The Bertz CT molecular complexity index is 1290. The first-order chi connectivity index (χ1) is 16.6. The Morgan fingerprint density at radius 2 is 1.57 bits per heavy atom. The highest BCUT2D eigenvalue weighted by atomic mass is 32.2. The molecule has 186 valence electrons. The van der Waals surface area contributed by atoms with Crippen LogP contribution >= 0.6 is 0 Å². The van der Waals surface area contributed by atoms with Crippen molar-refractivity contribution in [1.82, 2.24) is 0 Å². The van der Waals surface area contributed by atoms with Crippen molar-refractivity contribution in [3.63, 3.8) is 0 Å². The highest BCUT2D eigenvalue weighted by Gasteiger charge is 2.19. The number of rotatable bonds is 10. The number of nitrogens with zero attached hydrogens (tertiary/aromatic N) is 1. The molecule has 35 heavy (non-hydrogen) atoms. The summed E-state index contributed by atoms with van der Waals surface area (Å²) in [4.78, 5) is 12.9. The molecule has 0 aliphatic rings. The van der Waals surface area contributed by atoms with Gasteiger partial charge in [0.2, 0.25) is 10.0 Å². The molecule has 0 aromatic heterocycles. The van der Waals surface area contributed by atoms with Gasteiger partial charge in [0.1, 0.15) is 11.5 Å². The van der Waals surface area contributed by atoms with E-state index < -0.39 is 10.0 Å². The Hall–Kier alpha value is -3.52. The number of sulfonamides is 1. The summed E-state index contributed by atoms with van der Waals surface area (Å²) in [5.74, 6) is 0.882. The van der Waals surface area contributed by atoms with Crippen molar-refractivity contribution in [2.24, 2.45) is 0 Å². The molecule has 0 radical (unpaired) electrons. The fourth-order valence-corrected chi connectivity index (χ4v) is 4.43. The third kappa shape index (κ3) is 6.76. The molecule has 0 saturated carbocycles. The average Bonchev–Trinajstić information content (AvgIpc) is 2.81. The van der Waals surface area contributed by atoms with Crippen LogP contribution in [0.1, 0.15) is 40.9 Å². The average molecular weight is 497 g/mol. The third-order valence-electron chi connectivity index (χ3n) is 5.53. The van der Waals surface area contributed by atoms with Gasteiger partial charge < -0.3 is 14.8 Å². The van der Waals surface area contributed by atoms with Crippen LogP contribution in [0.25, 0.3) is 0 Å². The maximum absolute atomic E-state index is 12.9. The van der Waals surface area contributed by atoms with Crippen LogP contribution < -0.4 is 19.1 Å². The van der Waals surface area contributed by atoms with Crippen LogP contribution in [-0.2, 0) is 16.6 Å². The number of anilines is 2. The van der Waals surface area contributed by atoms with Gasteiger partial charge in [0, 0.05) is 11.6 Å². The number of aryl methyl sites for hydroxylation is 2. The molecule has 0 aliphatic carbocycles. The second-order valence-corrected chi connectivity index (χ2v) is 10.1. The molecule has 7 nitrogen and oxygen atoms in total. The van der Waals surface area contributed by atoms with E-state index in [2.05, 4.69) is 5.32 Å². The number of hydrogen-bond acceptors (Lipinski definition) is 5. The normalized spacial score (nSPS) is 11.1. The van der Waals surface area contributed by atoms with Gasteiger partial charge in [0.25, 0.3) is 5.91 Å². The van der Waals surface area contributed by atoms with Gasteiger partial charge in [-0.2, -0.15) is 0 Å². The summed E-state index contributed by atoms with van der Waals surface area (Å²) in [5.41, 5.74) is 4.44. The summed E-state index contributed by atoms with van der Waals surface area (Å²) in [6.45, 7) is 8.83. The number of benzene rings is 3. The molecule has 1 amide bonds. The van der Waals surface area contributed by atoms with E-state index in [-0.39, 0.29) is 12.5 Å². The fraction of sp³-hybridized carbons (Fsp3) is 0.296. The maximum atomic E-state index is 12.9. The molecule has 8 heteroatoms. The lowest BCUT2D eigenvalue weighted by Gasteiger charge is -2.23. The minimum atomic E-state index is -3.50. The number of carbonyl (C=O) groups excluding carboxylic acids is 1. The van der Waals surface area contributed by atoms with Gasteiger partial charge in [-0.05, 0) is 80.8 Å². The standard InChI is InChI=1S/C27H32N2O5S/c1-6-33-24-14-15-26(34-7-2)25(17-24)28-27(30)22-11-9-21(10-12-22)18-29(35(5,31)32)23-13-8-19(3)20(4)16-23/h8-17H,6-7,18H2,1-5H3,(H,28,30). The molecule has 0 saturated heterocycles. The van der Waals surface area contributed by atoms with E-state index in [0.717, 1.165) is 16.7 Å². The van der Waals surface area contributed by atoms with Gasteiger partial charge in [-0.1, -0.05) is 18.2 Å². The van der Waals surface area contributed by atoms with E-state index in [0.29, 0.717) is 41.7 Å². The Morgan fingerprint density at radius 1 is 0.886 bits per heavy atom. The van der Waals surface area contributed by atoms with E-state index in [1.807, 2.05) is 39.8 Å². The van der Waals surface area contributed by atoms with E-state index in [4.69, 9.17) is 9.47 Å². The molecule has 3 aromatic carbocycles. The topological polar surface area (TPSA) is 84.9 Å². The molecule has 0 bridgehead atoms. The van der Waals surface area contributed by atoms with E-state index >= 15 is 0 Å². The van der Waals surface area contributed by atoms with E-state index in [1.165, 1.54) is 10.6 Å². The van der Waals surface area contributed by atoms with Crippen LogP contribution in [0.4, 0.5) is 11.4 Å². The molecular formula is C27H32N2O5S. The number of hydrogen-bond donors (Lipinski definition) is 1. The summed E-state index contributed by atoms with van der Waals surface area (Å²) in [6.07, 6.45) is 1.19. The zero-order chi connectivity index (χ0) is 25.6. The van der Waals surface area contributed by atoms with Crippen LogP contribution in [0.2, 0.25) is 0 Å². The Balaban J connectivity index is 1.79. The first-order valence-electron chi connectivity index (χ1n) is 11.5. The molecule has 1 N–H and O–H groups in total. The van der Waals surface area contributed by atoms with Crippen LogP contribution in [0.3, 0.4) is 0 Å². The van der Waals surface area contributed by atoms with Crippen molar-refractivity contribution in [3.8, 4) is 11.5 Å². The maximum Gasteiger partial charge on any atom is 0.255 e. The number of nitrogens with one attached hydrogen (secondary N) is 1. The second kappa shape index (κ2) is 11.3. The van der Waals surface area contributed by atoms with Crippen molar-refractivity contribution < 1.29 is 22.7 Å². The summed E-state index contributed by atoms with van der Waals surface area (Å²) in [7, 11) is -3.50. The number of ether oxygens (including phenoxy) is 2. The third-order valence-corrected chi connectivity index (χ3v) is 6.67. The van der Waals surface area contributed by atoms with Crippen LogP contribution in [0, 0.1) is 13.8 Å². The van der Waals surface area contributed by atoms with Gasteiger partial charge >= 0.3 is 0 Å². The van der Waals surface area contributed by atoms with Gasteiger partial charge in [0.15, 0.2) is 0 Å². The van der Waals surface area contributed by atoms with Crippen molar-refractivity contribution >= 4 is 27.3 Å². The zero-order valence-corrected chi connectivity index (χ0v) is 21.6. The van der Waals surface area contributed by atoms with Gasteiger partial charge in [-0.25, -0.2) is 8.42 Å². The minimum Gasteiger partial charge on any atom is -0.494 e. The number of carbonyl (C=O) groups is 1. The summed E-state index contributed by atoms with van der Waals surface area (Å²) >= 11 is 0. The fourth-order valence-electron chi connectivity index (χ4n) is 3.55. The summed E-state index contributed by atoms with van der Waals surface area (Å²) < 4.78 is 37.5. The lowest BCUT2D eigenvalue weighted by molar-refractivity contribution is 0.102. The monoisotopic (exact) mass is 496 g/mol. The van der Waals surface area contributed by atoms with Gasteiger partial charge in [0.05, 0.1) is 37.4 Å². The molecular weight excluding hydrogens is 464 g/mol. The van der Waals surface area contributed by atoms with Crippen LogP contribution in [-0.4, -0.2) is 33.8 Å². The smallest absolute Gasteiger partial charge is 0.255 e. The molecule has 0 fully saturated rings. The van der Waals surface area contributed by atoms with E-state index in [9.17, 15) is 13.2 Å². The predicted octanol–water partition coefficient (Wildman–Crippen LogP) is 5.32. The predicted molar refractivity (Wildman–Crippen MR) is 140 cm³/mol. The first-order valence-corrected chi connectivity index (χ1v) is 13.3. The molecule has 0 spiro atoms. The van der Waals surface area contributed by atoms with Crippen molar-refractivity contribution in [3.05, 3.63) is 82.9 Å². The summed E-state index contributed by atoms with van der Waals surface area (Å²) in [6, 6.07) is 17.7. The summed E-state index contributed by atoms with van der Waals surface area (Å²) in [5, 5.41) is 2.88. The highest BCUT2D eigenvalue weighted by Crippen LogP contribution is 2.30. The first kappa shape index (κ1) is 26.1. The van der Waals surface area contributed by atoms with E-state index in [1.54, 1.807) is 48.5 Å². The quantitative estimate of drug-likeness (QED) is 0.411. The molecule has 0 heterocycles. The zero-order valence-electron chi connectivity index (χ0n) is 20.8. The lowest BCUT2D eigenvalue weighted by atomic mass is 10.1. The SMILES string of the molecule is CCOc1ccc(OCC)c(NC(=O)c2ccc(CN(c3ccc(C)c(C)c3)S(C)(=O)=O)cc2)c1. The Kier molecular flexibility index (Phi) is 8.40. The van der Waals surface area contributed by atoms with Crippen molar-refractivity contribution in [2.45, 2.75) is 34.2 Å². The van der Waals surface area contributed by atoms with Gasteiger partial charge in [-0.3, -0.25) is 9.10 Å². The van der Waals surface area contributed by atoms with Crippen molar-refractivity contribution in [1.29, 1.82) is 0 Å². The molecule has 0 unspecified atom stereocenters. The van der Waals surface area contributed by atoms with Crippen LogP contribution in [0.15, 0.2) is 60.7 Å².